The summed E-state index contributed by atoms with van der Waals surface area (Å²) in [7, 11) is 0. The first-order chi connectivity index (χ1) is 6.74. The second kappa shape index (κ2) is 6.44. The van der Waals surface area contributed by atoms with Crippen LogP contribution in [0.2, 0.25) is 0 Å². The Morgan fingerprint density at radius 3 is 2.43 bits per heavy atom. The third kappa shape index (κ3) is 3.99. The average molecular weight is 278 g/mol. The molecule has 0 aliphatic carbocycles. The first kappa shape index (κ1) is 12.0. The first-order valence-corrected chi connectivity index (χ1v) is 6.06. The van der Waals surface area contributed by atoms with E-state index in [4.69, 9.17) is 11.6 Å². The molecule has 1 N–H and O–H groups in total. The fraction of sp³-hybridized carbons (Fsp3) is 0.455. The van der Waals surface area contributed by atoms with Gasteiger partial charge in [0.05, 0.1) is 6.10 Å². The smallest absolute Gasteiger partial charge is 0.0790 e. The highest BCUT2D eigenvalue weighted by Gasteiger charge is 2.06. The summed E-state index contributed by atoms with van der Waals surface area (Å²) in [6.07, 6.45) is 2.37. The van der Waals surface area contributed by atoms with Gasteiger partial charge in [-0.3, -0.25) is 0 Å². The van der Waals surface area contributed by atoms with Crippen LogP contribution in [0.5, 0.6) is 0 Å². The van der Waals surface area contributed by atoms with Crippen LogP contribution in [0.1, 0.15) is 30.9 Å². The van der Waals surface area contributed by atoms with Gasteiger partial charge in [-0.1, -0.05) is 28.1 Å². The zero-order valence-corrected chi connectivity index (χ0v) is 10.3. The van der Waals surface area contributed by atoms with Gasteiger partial charge in [0.15, 0.2) is 0 Å². The third-order valence-corrected chi connectivity index (χ3v) is 2.91. The van der Waals surface area contributed by atoms with Gasteiger partial charge >= 0.3 is 0 Å². The Kier molecular flexibility index (Phi) is 5.53. The highest BCUT2D eigenvalue weighted by Crippen LogP contribution is 2.21. The molecule has 1 atom stereocenters. The van der Waals surface area contributed by atoms with Gasteiger partial charge in [-0.25, -0.2) is 0 Å². The number of hydrogen-bond donors (Lipinski definition) is 1. The Bertz CT molecular complexity index is 260. The van der Waals surface area contributed by atoms with Crippen LogP contribution in [0.3, 0.4) is 0 Å². The molecule has 0 heterocycles. The Morgan fingerprint density at radius 1 is 1.21 bits per heavy atom. The van der Waals surface area contributed by atoms with E-state index in [-0.39, 0.29) is 6.10 Å². The highest BCUT2D eigenvalue weighted by atomic mass is 79.9. The van der Waals surface area contributed by atoms with Crippen molar-refractivity contribution in [1.29, 1.82) is 0 Å². The monoisotopic (exact) mass is 276 g/mol. The molecular formula is C11H14BrClO. The number of halogens is 2. The summed E-state index contributed by atoms with van der Waals surface area (Å²) in [5.74, 6) is 0.674. The van der Waals surface area contributed by atoms with Crippen LogP contribution < -0.4 is 0 Å². The van der Waals surface area contributed by atoms with Gasteiger partial charge in [0, 0.05) is 10.4 Å². The maximum Gasteiger partial charge on any atom is 0.0790 e. The van der Waals surface area contributed by atoms with E-state index >= 15 is 0 Å². The molecule has 1 nitrogen and oxygen atoms in total. The number of unbranched alkanes of at least 4 members (excludes halogenated alkanes) is 1. The van der Waals surface area contributed by atoms with Gasteiger partial charge in [-0.15, -0.1) is 11.6 Å². The van der Waals surface area contributed by atoms with Gasteiger partial charge in [0.2, 0.25) is 0 Å². The Morgan fingerprint density at radius 2 is 1.86 bits per heavy atom. The normalized spacial score (nSPS) is 12.8. The molecule has 0 radical (unpaired) electrons. The molecule has 0 spiro atoms. The molecule has 1 unspecified atom stereocenters. The van der Waals surface area contributed by atoms with Crippen molar-refractivity contribution in [2.45, 2.75) is 25.4 Å². The Balaban J connectivity index is 2.43. The highest BCUT2D eigenvalue weighted by molar-refractivity contribution is 9.10. The van der Waals surface area contributed by atoms with E-state index < -0.39 is 0 Å². The van der Waals surface area contributed by atoms with Crippen LogP contribution in [0, 0.1) is 0 Å². The molecule has 1 aromatic rings. The van der Waals surface area contributed by atoms with Crippen molar-refractivity contribution in [3.05, 3.63) is 34.3 Å². The minimum Gasteiger partial charge on any atom is -0.388 e. The zero-order valence-electron chi connectivity index (χ0n) is 7.92. The van der Waals surface area contributed by atoms with E-state index in [9.17, 15) is 5.11 Å². The van der Waals surface area contributed by atoms with Crippen molar-refractivity contribution in [2.24, 2.45) is 0 Å². The fourth-order valence-electron chi connectivity index (χ4n) is 1.28. The number of rotatable bonds is 5. The lowest BCUT2D eigenvalue weighted by molar-refractivity contribution is 0.164. The molecule has 78 valence electrons. The molecule has 0 bridgehead atoms. The molecule has 0 aliphatic heterocycles. The summed E-state index contributed by atoms with van der Waals surface area (Å²) >= 11 is 8.92. The zero-order chi connectivity index (χ0) is 10.4. The van der Waals surface area contributed by atoms with E-state index in [2.05, 4.69) is 15.9 Å². The topological polar surface area (TPSA) is 20.2 Å². The summed E-state index contributed by atoms with van der Waals surface area (Å²) in [5.41, 5.74) is 0.975. The van der Waals surface area contributed by atoms with Crippen LogP contribution in [0.25, 0.3) is 0 Å². The predicted octanol–water partition coefficient (Wildman–Crippen LogP) is 3.89. The van der Waals surface area contributed by atoms with Gasteiger partial charge in [-0.05, 0) is 37.0 Å². The number of hydrogen-bond acceptors (Lipinski definition) is 1. The van der Waals surface area contributed by atoms with E-state index in [1.807, 2.05) is 24.3 Å². The Hall–Kier alpha value is -0.0500. The van der Waals surface area contributed by atoms with Gasteiger partial charge in [0.1, 0.15) is 0 Å². The molecule has 0 saturated carbocycles. The summed E-state index contributed by atoms with van der Waals surface area (Å²) in [5, 5.41) is 9.78. The lowest BCUT2D eigenvalue weighted by Crippen LogP contribution is -1.97. The molecule has 0 saturated heterocycles. The fourth-order valence-corrected chi connectivity index (χ4v) is 1.74. The maximum atomic E-state index is 9.78. The summed E-state index contributed by atoms with van der Waals surface area (Å²) in [6, 6.07) is 7.77. The second-order valence-electron chi connectivity index (χ2n) is 3.25. The van der Waals surface area contributed by atoms with Crippen molar-refractivity contribution < 1.29 is 5.11 Å². The molecule has 14 heavy (non-hydrogen) atoms. The molecule has 0 aliphatic rings. The summed E-state index contributed by atoms with van der Waals surface area (Å²) in [6.45, 7) is 0. The number of aliphatic hydroxyl groups excluding tert-OH is 1. The summed E-state index contributed by atoms with van der Waals surface area (Å²) in [4.78, 5) is 0. The van der Waals surface area contributed by atoms with Crippen molar-refractivity contribution >= 4 is 27.5 Å². The summed E-state index contributed by atoms with van der Waals surface area (Å²) < 4.78 is 1.04. The molecule has 0 aromatic heterocycles. The minimum absolute atomic E-state index is 0.355. The van der Waals surface area contributed by atoms with Crippen LogP contribution in [0.15, 0.2) is 28.7 Å². The van der Waals surface area contributed by atoms with Gasteiger partial charge < -0.3 is 5.11 Å². The Labute approximate surface area is 98.2 Å². The standard InChI is InChI=1S/C11H14BrClO/c12-10-6-4-9(5-7-10)11(14)3-1-2-8-13/h4-7,11,14H,1-3,8H2. The SMILES string of the molecule is OC(CCCCCl)c1ccc(Br)cc1. The molecule has 0 amide bonds. The molecule has 0 fully saturated rings. The lowest BCUT2D eigenvalue weighted by atomic mass is 10.0. The lowest BCUT2D eigenvalue weighted by Gasteiger charge is -2.10. The van der Waals surface area contributed by atoms with Crippen LogP contribution in [0.4, 0.5) is 0 Å². The van der Waals surface area contributed by atoms with Gasteiger partial charge in [0.25, 0.3) is 0 Å². The average Bonchev–Trinajstić information content (AvgIpc) is 2.19. The molecule has 1 aromatic carbocycles. The molecular weight excluding hydrogens is 263 g/mol. The number of benzene rings is 1. The predicted molar refractivity (Wildman–Crippen MR) is 63.7 cm³/mol. The van der Waals surface area contributed by atoms with Crippen molar-refractivity contribution in [3.8, 4) is 0 Å². The quantitative estimate of drug-likeness (QED) is 0.639. The minimum atomic E-state index is -0.355. The van der Waals surface area contributed by atoms with E-state index in [1.165, 1.54) is 0 Å². The maximum absolute atomic E-state index is 9.78. The van der Waals surface area contributed by atoms with E-state index in [0.29, 0.717) is 5.88 Å². The van der Waals surface area contributed by atoms with E-state index in [0.717, 1.165) is 29.3 Å². The van der Waals surface area contributed by atoms with Crippen LogP contribution in [-0.2, 0) is 0 Å². The third-order valence-electron chi connectivity index (χ3n) is 2.12. The number of aliphatic hydroxyl groups is 1. The molecule has 1 rings (SSSR count). The van der Waals surface area contributed by atoms with Crippen molar-refractivity contribution in [3.63, 3.8) is 0 Å². The first-order valence-electron chi connectivity index (χ1n) is 4.73. The van der Waals surface area contributed by atoms with Crippen LogP contribution >= 0.6 is 27.5 Å². The van der Waals surface area contributed by atoms with E-state index in [1.54, 1.807) is 0 Å². The van der Waals surface area contributed by atoms with Crippen molar-refractivity contribution in [1.82, 2.24) is 0 Å². The number of alkyl halides is 1. The second-order valence-corrected chi connectivity index (χ2v) is 4.55. The molecule has 3 heteroatoms. The van der Waals surface area contributed by atoms with Gasteiger partial charge in [-0.2, -0.15) is 0 Å². The van der Waals surface area contributed by atoms with Crippen molar-refractivity contribution in [2.75, 3.05) is 5.88 Å². The largest absolute Gasteiger partial charge is 0.388 e. The van der Waals surface area contributed by atoms with Crippen LogP contribution in [-0.4, -0.2) is 11.0 Å².